The first-order valence-corrected chi connectivity index (χ1v) is 4.34. The maximum absolute atomic E-state index is 10.3. The predicted molar refractivity (Wildman–Crippen MR) is 50.7 cm³/mol. The van der Waals surface area contributed by atoms with Crippen molar-refractivity contribution in [2.24, 2.45) is 5.73 Å². The third-order valence-electron chi connectivity index (χ3n) is 1.87. The molecule has 0 spiro atoms. The summed E-state index contributed by atoms with van der Waals surface area (Å²) in [7, 11) is 0. The highest BCUT2D eigenvalue weighted by Gasteiger charge is 2.08. The first-order valence-electron chi connectivity index (χ1n) is 4.34. The highest BCUT2D eigenvalue weighted by molar-refractivity contribution is 5.20. The molecular formula is C8H12N4O2. The highest BCUT2D eigenvalue weighted by atomic mass is 16.6. The third-order valence-corrected chi connectivity index (χ3v) is 1.87. The zero-order valence-corrected chi connectivity index (χ0v) is 7.88. The molecule has 0 fully saturated rings. The van der Waals surface area contributed by atoms with Crippen LogP contribution in [0.5, 0.6) is 0 Å². The van der Waals surface area contributed by atoms with Crippen LogP contribution in [0, 0.1) is 10.1 Å². The molecule has 2 N–H and O–H groups in total. The molecule has 1 unspecified atom stereocenters. The number of nitro groups is 1. The Bertz CT molecular complexity index is 312. The monoisotopic (exact) mass is 196 g/mol. The fraction of sp³-hybridized carbons (Fsp3) is 0.500. The van der Waals surface area contributed by atoms with Crippen LogP contribution in [0.3, 0.4) is 0 Å². The first-order chi connectivity index (χ1) is 6.63. The molecule has 1 rings (SSSR count). The second-order valence-electron chi connectivity index (χ2n) is 2.99. The molecule has 76 valence electrons. The van der Waals surface area contributed by atoms with E-state index >= 15 is 0 Å². The second-order valence-corrected chi connectivity index (χ2v) is 2.99. The van der Waals surface area contributed by atoms with Gasteiger partial charge in [0.05, 0.1) is 4.92 Å². The zero-order chi connectivity index (χ0) is 10.6. The molecule has 0 aromatic carbocycles. The standard InChI is InChI=1S/C8H12N4O2/c1-2-6(9)3-8-10-4-7(5-11-8)12(13)14/h4-6H,2-3,9H2,1H3. The van der Waals surface area contributed by atoms with E-state index in [2.05, 4.69) is 9.97 Å². The smallest absolute Gasteiger partial charge is 0.305 e. The van der Waals surface area contributed by atoms with Gasteiger partial charge in [-0.3, -0.25) is 10.1 Å². The Morgan fingerprint density at radius 1 is 1.57 bits per heavy atom. The second kappa shape index (κ2) is 4.61. The molecule has 0 bridgehead atoms. The molecule has 0 amide bonds. The first kappa shape index (κ1) is 10.5. The van der Waals surface area contributed by atoms with Gasteiger partial charge in [-0.25, -0.2) is 9.97 Å². The Morgan fingerprint density at radius 3 is 2.57 bits per heavy atom. The molecule has 0 aliphatic heterocycles. The van der Waals surface area contributed by atoms with E-state index in [-0.39, 0.29) is 11.7 Å². The lowest BCUT2D eigenvalue weighted by Crippen LogP contribution is -2.22. The van der Waals surface area contributed by atoms with Gasteiger partial charge in [0, 0.05) is 12.5 Å². The van der Waals surface area contributed by atoms with Crippen molar-refractivity contribution in [2.45, 2.75) is 25.8 Å². The highest BCUT2D eigenvalue weighted by Crippen LogP contribution is 2.06. The number of nitrogens with zero attached hydrogens (tertiary/aromatic N) is 3. The third kappa shape index (κ3) is 2.74. The van der Waals surface area contributed by atoms with E-state index in [0.29, 0.717) is 12.2 Å². The summed E-state index contributed by atoms with van der Waals surface area (Å²) < 4.78 is 0. The van der Waals surface area contributed by atoms with Crippen molar-refractivity contribution in [1.82, 2.24) is 9.97 Å². The van der Waals surface area contributed by atoms with Crippen molar-refractivity contribution in [3.63, 3.8) is 0 Å². The van der Waals surface area contributed by atoms with E-state index in [1.54, 1.807) is 0 Å². The van der Waals surface area contributed by atoms with Crippen molar-refractivity contribution in [3.8, 4) is 0 Å². The number of aromatic nitrogens is 2. The normalized spacial score (nSPS) is 12.4. The molecule has 1 heterocycles. The van der Waals surface area contributed by atoms with Crippen molar-refractivity contribution < 1.29 is 4.92 Å². The predicted octanol–water partition coefficient (Wildman–Crippen LogP) is 0.665. The topological polar surface area (TPSA) is 94.9 Å². The minimum atomic E-state index is -0.524. The van der Waals surface area contributed by atoms with Crippen molar-refractivity contribution in [2.75, 3.05) is 0 Å². The summed E-state index contributed by atoms with van der Waals surface area (Å²) in [5.41, 5.74) is 5.59. The van der Waals surface area contributed by atoms with Gasteiger partial charge in [-0.15, -0.1) is 0 Å². The maximum Gasteiger partial charge on any atom is 0.305 e. The van der Waals surface area contributed by atoms with Gasteiger partial charge in [-0.05, 0) is 6.42 Å². The maximum atomic E-state index is 10.3. The van der Waals surface area contributed by atoms with Crippen LogP contribution in [-0.2, 0) is 6.42 Å². The molecule has 0 saturated heterocycles. The summed E-state index contributed by atoms with van der Waals surface area (Å²) in [5, 5.41) is 10.3. The number of hydrogen-bond acceptors (Lipinski definition) is 5. The van der Waals surface area contributed by atoms with Gasteiger partial charge in [-0.1, -0.05) is 6.92 Å². The van der Waals surface area contributed by atoms with Crippen LogP contribution >= 0.6 is 0 Å². The average molecular weight is 196 g/mol. The minimum Gasteiger partial charge on any atom is -0.327 e. The quantitative estimate of drug-likeness (QED) is 0.564. The summed E-state index contributed by atoms with van der Waals surface area (Å²) in [6.45, 7) is 1.97. The molecule has 6 heteroatoms. The van der Waals surface area contributed by atoms with Crippen LogP contribution in [0.4, 0.5) is 5.69 Å². The van der Waals surface area contributed by atoms with Crippen LogP contribution in [0.2, 0.25) is 0 Å². The van der Waals surface area contributed by atoms with Gasteiger partial charge in [0.25, 0.3) is 0 Å². The van der Waals surface area contributed by atoms with Gasteiger partial charge in [0.15, 0.2) is 0 Å². The molecule has 6 nitrogen and oxygen atoms in total. The summed E-state index contributed by atoms with van der Waals surface area (Å²) in [4.78, 5) is 17.5. The van der Waals surface area contributed by atoms with Gasteiger partial charge in [0.1, 0.15) is 18.2 Å². The summed E-state index contributed by atoms with van der Waals surface area (Å²) in [5.74, 6) is 0.546. The van der Waals surface area contributed by atoms with Crippen molar-refractivity contribution in [3.05, 3.63) is 28.3 Å². The van der Waals surface area contributed by atoms with Crippen LogP contribution in [0.15, 0.2) is 12.4 Å². The SMILES string of the molecule is CCC(N)Cc1ncc([N+](=O)[O-])cn1. The van der Waals surface area contributed by atoms with E-state index in [9.17, 15) is 10.1 Å². The molecule has 0 radical (unpaired) electrons. The fourth-order valence-electron chi connectivity index (χ4n) is 0.926. The minimum absolute atomic E-state index is 0.0106. The van der Waals surface area contributed by atoms with Gasteiger partial charge >= 0.3 is 5.69 Å². The summed E-state index contributed by atoms with van der Waals surface area (Å²) in [6.07, 6.45) is 3.78. The average Bonchev–Trinajstić information content (AvgIpc) is 2.18. The van der Waals surface area contributed by atoms with Gasteiger partial charge in [-0.2, -0.15) is 0 Å². The van der Waals surface area contributed by atoms with E-state index in [1.807, 2.05) is 6.92 Å². The van der Waals surface area contributed by atoms with E-state index in [4.69, 9.17) is 5.73 Å². The molecular weight excluding hydrogens is 184 g/mol. The van der Waals surface area contributed by atoms with Gasteiger partial charge in [0.2, 0.25) is 0 Å². The fourth-order valence-corrected chi connectivity index (χ4v) is 0.926. The van der Waals surface area contributed by atoms with Crippen LogP contribution in [0.1, 0.15) is 19.2 Å². The van der Waals surface area contributed by atoms with Crippen molar-refractivity contribution in [1.29, 1.82) is 0 Å². The lowest BCUT2D eigenvalue weighted by molar-refractivity contribution is -0.385. The van der Waals surface area contributed by atoms with Crippen LogP contribution < -0.4 is 5.73 Å². The Hall–Kier alpha value is -1.56. The Kier molecular flexibility index (Phi) is 3.47. The molecule has 1 aromatic heterocycles. The molecule has 0 aliphatic carbocycles. The molecule has 0 saturated carbocycles. The van der Waals surface area contributed by atoms with E-state index in [0.717, 1.165) is 6.42 Å². The Labute approximate surface area is 81.3 Å². The lowest BCUT2D eigenvalue weighted by Gasteiger charge is -2.05. The number of hydrogen-bond donors (Lipinski definition) is 1. The molecule has 14 heavy (non-hydrogen) atoms. The largest absolute Gasteiger partial charge is 0.327 e. The molecule has 1 aromatic rings. The zero-order valence-electron chi connectivity index (χ0n) is 7.88. The van der Waals surface area contributed by atoms with Crippen molar-refractivity contribution >= 4 is 5.69 Å². The number of nitrogens with two attached hydrogens (primary N) is 1. The summed E-state index contributed by atoms with van der Waals surface area (Å²) in [6, 6.07) is 0.0106. The van der Waals surface area contributed by atoms with E-state index < -0.39 is 4.92 Å². The van der Waals surface area contributed by atoms with E-state index in [1.165, 1.54) is 12.4 Å². The Balaban J connectivity index is 2.68. The van der Waals surface area contributed by atoms with Crippen LogP contribution in [-0.4, -0.2) is 20.9 Å². The number of rotatable bonds is 4. The lowest BCUT2D eigenvalue weighted by atomic mass is 10.1. The van der Waals surface area contributed by atoms with Gasteiger partial charge < -0.3 is 5.73 Å². The molecule has 0 aliphatic rings. The molecule has 1 atom stereocenters. The Morgan fingerprint density at radius 2 is 2.14 bits per heavy atom. The van der Waals surface area contributed by atoms with Crippen LogP contribution in [0.25, 0.3) is 0 Å². The summed E-state index contributed by atoms with van der Waals surface area (Å²) >= 11 is 0.